The average molecular weight is 279 g/mol. The van der Waals surface area contributed by atoms with Gasteiger partial charge in [0, 0.05) is 19.0 Å². The monoisotopic (exact) mass is 279 g/mol. The fraction of sp³-hybridized carbons (Fsp3) is 0.467. The highest BCUT2D eigenvalue weighted by molar-refractivity contribution is 5.81. The largest absolute Gasteiger partial charge is 0.469 e. The van der Waals surface area contributed by atoms with Crippen molar-refractivity contribution in [1.82, 2.24) is 4.90 Å². The van der Waals surface area contributed by atoms with Crippen LogP contribution in [0.25, 0.3) is 0 Å². The maximum Gasteiger partial charge on any atom is 0.307 e. The third-order valence-corrected chi connectivity index (χ3v) is 3.34. The molecule has 1 aromatic rings. The number of amides is 1. The van der Waals surface area contributed by atoms with Gasteiger partial charge in [0.15, 0.2) is 0 Å². The van der Waals surface area contributed by atoms with Gasteiger partial charge in [0.1, 0.15) is 5.82 Å². The summed E-state index contributed by atoms with van der Waals surface area (Å²) >= 11 is 0. The molecule has 0 radical (unpaired) electrons. The van der Waals surface area contributed by atoms with Gasteiger partial charge in [0.05, 0.1) is 13.5 Å². The Labute approximate surface area is 117 Å². The van der Waals surface area contributed by atoms with E-state index in [-0.39, 0.29) is 30.0 Å². The topological polar surface area (TPSA) is 46.6 Å². The maximum atomic E-state index is 12.9. The first kappa shape index (κ1) is 14.5. The molecule has 5 heteroatoms. The lowest BCUT2D eigenvalue weighted by atomic mass is 10.2. The van der Waals surface area contributed by atoms with E-state index in [1.165, 1.54) is 19.2 Å². The lowest BCUT2D eigenvalue weighted by molar-refractivity contribution is -0.142. The van der Waals surface area contributed by atoms with E-state index in [1.54, 1.807) is 17.0 Å². The summed E-state index contributed by atoms with van der Waals surface area (Å²) in [4.78, 5) is 25.0. The van der Waals surface area contributed by atoms with Gasteiger partial charge in [0.25, 0.3) is 0 Å². The van der Waals surface area contributed by atoms with E-state index in [9.17, 15) is 14.0 Å². The van der Waals surface area contributed by atoms with Crippen molar-refractivity contribution in [2.75, 3.05) is 13.7 Å². The molecule has 1 fully saturated rings. The van der Waals surface area contributed by atoms with E-state index in [2.05, 4.69) is 4.74 Å². The second kappa shape index (κ2) is 6.50. The van der Waals surface area contributed by atoms with Crippen molar-refractivity contribution in [1.29, 1.82) is 0 Å². The molecule has 0 spiro atoms. The minimum atomic E-state index is -0.335. The second-order valence-corrected chi connectivity index (χ2v) is 4.99. The Bertz CT molecular complexity index is 482. The van der Waals surface area contributed by atoms with Crippen molar-refractivity contribution in [3.05, 3.63) is 35.6 Å². The molecule has 1 amide bonds. The van der Waals surface area contributed by atoms with Crippen LogP contribution in [0.4, 0.5) is 4.39 Å². The molecule has 0 saturated heterocycles. The first-order valence-corrected chi connectivity index (χ1v) is 6.70. The summed E-state index contributed by atoms with van der Waals surface area (Å²) in [6.07, 6.45) is 2.00. The summed E-state index contributed by atoms with van der Waals surface area (Å²) in [5, 5.41) is 0. The molecule has 1 saturated carbocycles. The van der Waals surface area contributed by atoms with E-state index >= 15 is 0 Å². The van der Waals surface area contributed by atoms with E-state index in [1.807, 2.05) is 0 Å². The van der Waals surface area contributed by atoms with Gasteiger partial charge >= 0.3 is 5.97 Å². The Kier molecular flexibility index (Phi) is 4.71. The molecule has 0 unspecified atom stereocenters. The summed E-state index contributed by atoms with van der Waals surface area (Å²) in [5.41, 5.74) is 0.852. The van der Waals surface area contributed by atoms with Gasteiger partial charge < -0.3 is 9.64 Å². The number of ether oxygens (including phenoxy) is 1. The normalized spacial score (nSPS) is 13.9. The molecule has 0 N–H and O–H groups in total. The molecule has 1 aliphatic carbocycles. The first-order chi connectivity index (χ1) is 9.60. The summed E-state index contributed by atoms with van der Waals surface area (Å²) < 4.78 is 17.5. The van der Waals surface area contributed by atoms with Gasteiger partial charge in [-0.3, -0.25) is 9.59 Å². The quantitative estimate of drug-likeness (QED) is 0.749. The van der Waals surface area contributed by atoms with Gasteiger partial charge in [-0.25, -0.2) is 4.39 Å². The zero-order chi connectivity index (χ0) is 14.5. The average Bonchev–Trinajstić information content (AvgIpc) is 3.29. The lowest BCUT2D eigenvalue weighted by Gasteiger charge is -2.22. The number of nitrogens with zero attached hydrogens (tertiary/aromatic N) is 1. The molecular formula is C15H18FNO3. The van der Waals surface area contributed by atoms with Crippen molar-refractivity contribution < 1.29 is 18.7 Å². The molecule has 0 aromatic heterocycles. The minimum Gasteiger partial charge on any atom is -0.469 e. The number of halogens is 1. The zero-order valence-electron chi connectivity index (χ0n) is 11.5. The second-order valence-electron chi connectivity index (χ2n) is 4.99. The van der Waals surface area contributed by atoms with Gasteiger partial charge in [0.2, 0.25) is 5.91 Å². The maximum absolute atomic E-state index is 12.9. The molecule has 0 heterocycles. The first-order valence-electron chi connectivity index (χ1n) is 6.70. The number of hydrogen-bond donors (Lipinski definition) is 0. The summed E-state index contributed by atoms with van der Waals surface area (Å²) in [6.45, 7) is 0.728. The van der Waals surface area contributed by atoms with E-state index in [4.69, 9.17) is 0 Å². The molecule has 2 rings (SSSR count). The van der Waals surface area contributed by atoms with E-state index in [0.29, 0.717) is 13.1 Å². The molecule has 0 bridgehead atoms. The number of methoxy groups -OCH3 is 1. The standard InChI is InChI=1S/C15H18FNO3/c1-20-14(18)8-9-17(15(19)12-4-5-12)10-11-2-6-13(16)7-3-11/h2-3,6-7,12H,4-5,8-10H2,1H3. The highest BCUT2D eigenvalue weighted by Crippen LogP contribution is 2.31. The summed E-state index contributed by atoms with van der Waals surface area (Å²) in [6, 6.07) is 6.05. The van der Waals surface area contributed by atoms with Crippen molar-refractivity contribution in [3.63, 3.8) is 0 Å². The predicted molar refractivity (Wildman–Crippen MR) is 71.2 cm³/mol. The van der Waals surface area contributed by atoms with E-state index in [0.717, 1.165) is 18.4 Å². The third kappa shape index (κ3) is 4.05. The number of esters is 1. The van der Waals surface area contributed by atoms with Gasteiger partial charge in [-0.2, -0.15) is 0 Å². The molecule has 1 aromatic carbocycles. The molecule has 1 aliphatic rings. The molecule has 4 nitrogen and oxygen atoms in total. The highest BCUT2D eigenvalue weighted by atomic mass is 19.1. The van der Waals surface area contributed by atoms with Crippen LogP contribution in [0.3, 0.4) is 0 Å². The number of hydrogen-bond acceptors (Lipinski definition) is 3. The molecular weight excluding hydrogens is 261 g/mol. The molecule has 0 atom stereocenters. The van der Waals surface area contributed by atoms with Crippen molar-refractivity contribution >= 4 is 11.9 Å². The number of carbonyl (C=O) groups excluding carboxylic acids is 2. The van der Waals surface area contributed by atoms with Crippen LogP contribution in [0.2, 0.25) is 0 Å². The Morgan fingerprint density at radius 3 is 2.50 bits per heavy atom. The van der Waals surface area contributed by atoms with Crippen LogP contribution >= 0.6 is 0 Å². The Morgan fingerprint density at radius 2 is 1.95 bits per heavy atom. The summed E-state index contributed by atoms with van der Waals surface area (Å²) in [5.74, 6) is -0.479. The minimum absolute atomic E-state index is 0.0678. The van der Waals surface area contributed by atoms with Crippen LogP contribution in [0.5, 0.6) is 0 Å². The van der Waals surface area contributed by atoms with Crippen LogP contribution in [0, 0.1) is 11.7 Å². The third-order valence-electron chi connectivity index (χ3n) is 3.34. The fourth-order valence-electron chi connectivity index (χ4n) is 1.99. The van der Waals surface area contributed by atoms with E-state index < -0.39 is 0 Å². The molecule has 20 heavy (non-hydrogen) atoms. The summed E-state index contributed by atoms with van der Waals surface area (Å²) in [7, 11) is 1.33. The van der Waals surface area contributed by atoms with Crippen LogP contribution < -0.4 is 0 Å². The van der Waals surface area contributed by atoms with Crippen LogP contribution in [0.15, 0.2) is 24.3 Å². The van der Waals surface area contributed by atoms with Crippen molar-refractivity contribution in [3.8, 4) is 0 Å². The molecule has 0 aliphatic heterocycles. The number of rotatable bonds is 6. The van der Waals surface area contributed by atoms with Gasteiger partial charge in [-0.15, -0.1) is 0 Å². The predicted octanol–water partition coefficient (Wildman–Crippen LogP) is 2.13. The lowest BCUT2D eigenvalue weighted by Crippen LogP contribution is -2.33. The number of carbonyl (C=O) groups is 2. The molecule has 108 valence electrons. The number of benzene rings is 1. The smallest absolute Gasteiger partial charge is 0.307 e. The Balaban J connectivity index is 1.99. The van der Waals surface area contributed by atoms with Crippen LogP contribution in [0.1, 0.15) is 24.8 Å². The highest BCUT2D eigenvalue weighted by Gasteiger charge is 2.33. The van der Waals surface area contributed by atoms with Gasteiger partial charge in [-0.05, 0) is 30.5 Å². The van der Waals surface area contributed by atoms with Crippen LogP contribution in [-0.4, -0.2) is 30.4 Å². The van der Waals surface area contributed by atoms with Crippen molar-refractivity contribution in [2.45, 2.75) is 25.8 Å². The zero-order valence-corrected chi connectivity index (χ0v) is 11.5. The van der Waals surface area contributed by atoms with Crippen molar-refractivity contribution in [2.24, 2.45) is 5.92 Å². The van der Waals surface area contributed by atoms with Crippen LogP contribution in [-0.2, 0) is 20.9 Å². The van der Waals surface area contributed by atoms with Gasteiger partial charge in [-0.1, -0.05) is 12.1 Å². The SMILES string of the molecule is COC(=O)CCN(Cc1ccc(F)cc1)C(=O)C1CC1. The Morgan fingerprint density at radius 1 is 1.30 bits per heavy atom. The Hall–Kier alpha value is -1.91. The fourth-order valence-corrected chi connectivity index (χ4v) is 1.99.